The van der Waals surface area contributed by atoms with Crippen LogP contribution < -0.4 is 10.1 Å². The molecule has 1 N–H and O–H groups in total. The molecule has 20 heavy (non-hydrogen) atoms. The third-order valence-electron chi connectivity index (χ3n) is 3.23. The summed E-state index contributed by atoms with van der Waals surface area (Å²) in [6.45, 7) is 2.92. The van der Waals surface area contributed by atoms with Crippen LogP contribution in [-0.4, -0.2) is 19.3 Å². The summed E-state index contributed by atoms with van der Waals surface area (Å²) in [5, 5.41) is 3.39. The second kappa shape index (κ2) is 6.22. The van der Waals surface area contributed by atoms with Gasteiger partial charge in [-0.05, 0) is 30.7 Å². The standard InChI is InChI=1S/C14H17ClF3NO/c1-2-4-19-12(8-14(16,17)18)11-7-10(15)6-9-3-5-20-13(9)11/h6-7,12,19H,2-5,8H2,1H3. The maximum absolute atomic E-state index is 12.8. The zero-order chi connectivity index (χ0) is 14.8. The molecule has 1 heterocycles. The maximum atomic E-state index is 12.8. The Bertz CT molecular complexity index is 476. The summed E-state index contributed by atoms with van der Waals surface area (Å²) in [7, 11) is 0. The molecule has 1 atom stereocenters. The first kappa shape index (κ1) is 15.4. The highest BCUT2D eigenvalue weighted by Crippen LogP contribution is 2.40. The Hall–Kier alpha value is -0.940. The number of halogens is 4. The molecular formula is C14H17ClF3NO. The summed E-state index contributed by atoms with van der Waals surface area (Å²) in [5.41, 5.74) is 1.40. The molecule has 0 aliphatic carbocycles. The molecule has 1 aromatic carbocycles. The molecule has 1 unspecified atom stereocenters. The Labute approximate surface area is 121 Å². The number of ether oxygens (including phenoxy) is 1. The molecule has 2 nitrogen and oxygen atoms in total. The second-order valence-electron chi connectivity index (χ2n) is 4.91. The highest BCUT2D eigenvalue weighted by molar-refractivity contribution is 6.30. The van der Waals surface area contributed by atoms with Crippen LogP contribution in [0.25, 0.3) is 0 Å². The minimum Gasteiger partial charge on any atom is -0.493 e. The summed E-state index contributed by atoms with van der Waals surface area (Å²) < 4.78 is 43.8. The fraction of sp³-hybridized carbons (Fsp3) is 0.571. The zero-order valence-corrected chi connectivity index (χ0v) is 11.9. The highest BCUT2D eigenvalue weighted by Gasteiger charge is 2.34. The van der Waals surface area contributed by atoms with Gasteiger partial charge in [-0.2, -0.15) is 13.2 Å². The van der Waals surface area contributed by atoms with Gasteiger partial charge in [0.15, 0.2) is 0 Å². The van der Waals surface area contributed by atoms with Crippen molar-refractivity contribution in [2.75, 3.05) is 13.2 Å². The Morgan fingerprint density at radius 1 is 1.40 bits per heavy atom. The van der Waals surface area contributed by atoms with Crippen LogP contribution >= 0.6 is 11.6 Å². The van der Waals surface area contributed by atoms with Gasteiger partial charge in [0.05, 0.1) is 13.0 Å². The molecule has 0 saturated carbocycles. The molecule has 0 fully saturated rings. The summed E-state index contributed by atoms with van der Waals surface area (Å²) in [4.78, 5) is 0. The maximum Gasteiger partial charge on any atom is 0.390 e. The molecule has 2 rings (SSSR count). The number of fused-ring (bicyclic) bond motifs is 1. The summed E-state index contributed by atoms with van der Waals surface area (Å²) in [5.74, 6) is 0.562. The monoisotopic (exact) mass is 307 g/mol. The number of rotatable bonds is 5. The van der Waals surface area contributed by atoms with Crippen LogP contribution in [0.3, 0.4) is 0 Å². The van der Waals surface area contributed by atoms with Crippen LogP contribution in [0.4, 0.5) is 13.2 Å². The van der Waals surface area contributed by atoms with Gasteiger partial charge in [-0.1, -0.05) is 18.5 Å². The van der Waals surface area contributed by atoms with Gasteiger partial charge in [-0.25, -0.2) is 0 Å². The fourth-order valence-electron chi connectivity index (χ4n) is 2.40. The molecule has 0 amide bonds. The van der Waals surface area contributed by atoms with Gasteiger partial charge >= 0.3 is 6.18 Å². The Morgan fingerprint density at radius 3 is 2.80 bits per heavy atom. The minimum absolute atomic E-state index is 0.453. The summed E-state index contributed by atoms with van der Waals surface area (Å²) >= 11 is 6.01. The Kier molecular flexibility index (Phi) is 4.81. The normalized spacial score (nSPS) is 15.8. The quantitative estimate of drug-likeness (QED) is 0.877. The molecule has 0 bridgehead atoms. The van der Waals surface area contributed by atoms with E-state index in [4.69, 9.17) is 16.3 Å². The van der Waals surface area contributed by atoms with Crippen molar-refractivity contribution in [2.24, 2.45) is 0 Å². The van der Waals surface area contributed by atoms with Gasteiger partial charge in [-0.3, -0.25) is 0 Å². The van der Waals surface area contributed by atoms with E-state index in [2.05, 4.69) is 5.32 Å². The summed E-state index contributed by atoms with van der Waals surface area (Å²) in [6.07, 6.45) is -3.71. The van der Waals surface area contributed by atoms with E-state index in [0.29, 0.717) is 35.9 Å². The first-order valence-electron chi connectivity index (χ1n) is 6.66. The average molecular weight is 308 g/mol. The SMILES string of the molecule is CCCNC(CC(F)(F)F)c1cc(Cl)cc2c1OCC2. The Morgan fingerprint density at radius 2 is 2.15 bits per heavy atom. The van der Waals surface area contributed by atoms with Crippen LogP contribution in [0, 0.1) is 0 Å². The van der Waals surface area contributed by atoms with Gasteiger partial charge in [0.25, 0.3) is 0 Å². The largest absolute Gasteiger partial charge is 0.493 e. The lowest BCUT2D eigenvalue weighted by Crippen LogP contribution is -2.27. The van der Waals surface area contributed by atoms with Gasteiger partial charge in [0, 0.05) is 23.0 Å². The second-order valence-corrected chi connectivity index (χ2v) is 5.34. The van der Waals surface area contributed by atoms with E-state index in [1.54, 1.807) is 12.1 Å². The average Bonchev–Trinajstić information content (AvgIpc) is 2.80. The number of hydrogen-bond acceptors (Lipinski definition) is 2. The molecule has 0 saturated heterocycles. The van der Waals surface area contributed by atoms with Crippen molar-refractivity contribution in [1.29, 1.82) is 0 Å². The van der Waals surface area contributed by atoms with Crippen molar-refractivity contribution in [3.05, 3.63) is 28.3 Å². The molecule has 0 spiro atoms. The third kappa shape index (κ3) is 3.79. The topological polar surface area (TPSA) is 21.3 Å². The van der Waals surface area contributed by atoms with Crippen molar-refractivity contribution >= 4 is 11.6 Å². The van der Waals surface area contributed by atoms with E-state index < -0.39 is 18.6 Å². The van der Waals surface area contributed by atoms with Crippen LogP contribution in [-0.2, 0) is 6.42 Å². The van der Waals surface area contributed by atoms with Crippen molar-refractivity contribution in [2.45, 2.75) is 38.4 Å². The van der Waals surface area contributed by atoms with E-state index >= 15 is 0 Å². The zero-order valence-electron chi connectivity index (χ0n) is 11.2. The molecule has 6 heteroatoms. The predicted octanol–water partition coefficient (Wildman–Crippen LogP) is 4.27. The molecule has 112 valence electrons. The van der Waals surface area contributed by atoms with E-state index in [-0.39, 0.29) is 0 Å². The van der Waals surface area contributed by atoms with Crippen molar-refractivity contribution in [3.8, 4) is 5.75 Å². The molecular weight excluding hydrogens is 291 g/mol. The predicted molar refractivity (Wildman–Crippen MR) is 72.4 cm³/mol. The van der Waals surface area contributed by atoms with Crippen molar-refractivity contribution in [3.63, 3.8) is 0 Å². The van der Waals surface area contributed by atoms with E-state index in [1.165, 1.54) is 0 Å². The van der Waals surface area contributed by atoms with Gasteiger partial charge in [-0.15, -0.1) is 0 Å². The van der Waals surface area contributed by atoms with Crippen LogP contribution in [0.1, 0.15) is 36.9 Å². The number of hydrogen-bond donors (Lipinski definition) is 1. The Balaban J connectivity index is 2.32. The van der Waals surface area contributed by atoms with E-state index in [9.17, 15) is 13.2 Å². The molecule has 1 aliphatic heterocycles. The molecule has 0 radical (unpaired) electrons. The number of alkyl halides is 3. The van der Waals surface area contributed by atoms with Gasteiger partial charge < -0.3 is 10.1 Å². The lowest BCUT2D eigenvalue weighted by Gasteiger charge is -2.22. The van der Waals surface area contributed by atoms with Crippen LogP contribution in [0.15, 0.2) is 12.1 Å². The van der Waals surface area contributed by atoms with Gasteiger partial charge in [0.2, 0.25) is 0 Å². The third-order valence-corrected chi connectivity index (χ3v) is 3.45. The lowest BCUT2D eigenvalue weighted by molar-refractivity contribution is -0.140. The summed E-state index contributed by atoms with van der Waals surface area (Å²) in [6, 6.07) is 2.52. The molecule has 1 aliphatic rings. The van der Waals surface area contributed by atoms with Crippen molar-refractivity contribution < 1.29 is 17.9 Å². The minimum atomic E-state index is -4.24. The number of benzene rings is 1. The fourth-order valence-corrected chi connectivity index (χ4v) is 2.65. The first-order chi connectivity index (χ1) is 9.40. The van der Waals surface area contributed by atoms with E-state index in [0.717, 1.165) is 12.0 Å². The smallest absolute Gasteiger partial charge is 0.390 e. The van der Waals surface area contributed by atoms with Crippen LogP contribution in [0.5, 0.6) is 5.75 Å². The van der Waals surface area contributed by atoms with Crippen LogP contribution in [0.2, 0.25) is 5.02 Å². The van der Waals surface area contributed by atoms with Crippen molar-refractivity contribution in [1.82, 2.24) is 5.32 Å². The number of nitrogens with one attached hydrogen (secondary N) is 1. The molecule has 1 aromatic rings. The van der Waals surface area contributed by atoms with Gasteiger partial charge in [0.1, 0.15) is 5.75 Å². The highest BCUT2D eigenvalue weighted by atomic mass is 35.5. The van der Waals surface area contributed by atoms with E-state index in [1.807, 2.05) is 6.92 Å². The molecule has 0 aromatic heterocycles. The lowest BCUT2D eigenvalue weighted by atomic mass is 9.99. The first-order valence-corrected chi connectivity index (χ1v) is 7.03.